The van der Waals surface area contributed by atoms with Crippen LogP contribution >= 0.6 is 0 Å². The number of nitrogens with zero attached hydrogens (tertiary/aromatic N) is 2. The van der Waals surface area contributed by atoms with Crippen LogP contribution in [0, 0.1) is 5.92 Å². The van der Waals surface area contributed by atoms with Crippen LogP contribution in [0.4, 0.5) is 17.1 Å². The van der Waals surface area contributed by atoms with Gasteiger partial charge in [-0.15, -0.1) is 0 Å². The number of hydrogen-bond acceptors (Lipinski definition) is 5. The number of anilines is 3. The van der Waals surface area contributed by atoms with E-state index in [1.165, 1.54) is 0 Å². The zero-order valence-corrected chi connectivity index (χ0v) is 14.9. The predicted molar refractivity (Wildman–Crippen MR) is 105 cm³/mol. The van der Waals surface area contributed by atoms with Crippen molar-refractivity contribution in [3.63, 3.8) is 0 Å². The normalized spacial score (nSPS) is 12.1. The van der Waals surface area contributed by atoms with Crippen molar-refractivity contribution in [2.45, 2.75) is 26.3 Å². The number of hydrogen-bond donors (Lipinski definition) is 3. The zero-order chi connectivity index (χ0) is 18.5. The Morgan fingerprint density at radius 2 is 1.81 bits per heavy atom. The van der Waals surface area contributed by atoms with E-state index >= 15 is 0 Å². The van der Waals surface area contributed by atoms with Gasteiger partial charge in [-0.05, 0) is 30.5 Å². The first-order valence-corrected chi connectivity index (χ1v) is 8.64. The second kappa shape index (κ2) is 7.82. The Bertz CT molecular complexity index is 909. The van der Waals surface area contributed by atoms with Crippen LogP contribution < -0.4 is 16.4 Å². The van der Waals surface area contributed by atoms with Gasteiger partial charge in [0, 0.05) is 5.39 Å². The molecule has 3 aromatic rings. The molecule has 6 heteroatoms. The second-order valence-corrected chi connectivity index (χ2v) is 6.73. The fourth-order valence-electron chi connectivity index (χ4n) is 2.81. The fraction of sp³-hybridized carbons (Fsp3) is 0.250. The van der Waals surface area contributed by atoms with Gasteiger partial charge >= 0.3 is 0 Å². The summed E-state index contributed by atoms with van der Waals surface area (Å²) >= 11 is 0. The highest BCUT2D eigenvalue weighted by atomic mass is 16.1. The molecule has 2 heterocycles. The molecule has 0 aliphatic heterocycles. The number of benzene rings is 1. The van der Waals surface area contributed by atoms with Gasteiger partial charge in [0.15, 0.2) is 0 Å². The number of aromatic nitrogens is 2. The second-order valence-electron chi connectivity index (χ2n) is 6.73. The Balaban J connectivity index is 1.76. The van der Waals surface area contributed by atoms with Crippen LogP contribution in [0.15, 0.2) is 55.0 Å². The summed E-state index contributed by atoms with van der Waals surface area (Å²) in [4.78, 5) is 20.3. The van der Waals surface area contributed by atoms with Crippen LogP contribution in [0.25, 0.3) is 10.9 Å². The van der Waals surface area contributed by atoms with Gasteiger partial charge in [0.1, 0.15) is 6.04 Å². The molecule has 1 atom stereocenters. The number of pyridine rings is 2. The van der Waals surface area contributed by atoms with Gasteiger partial charge in [-0.3, -0.25) is 14.8 Å². The van der Waals surface area contributed by atoms with Crippen LogP contribution in [0.3, 0.4) is 0 Å². The highest BCUT2D eigenvalue weighted by Gasteiger charge is 2.16. The monoisotopic (exact) mass is 349 g/mol. The quantitative estimate of drug-likeness (QED) is 0.605. The van der Waals surface area contributed by atoms with E-state index in [-0.39, 0.29) is 5.91 Å². The molecule has 0 fully saturated rings. The third-order valence-electron chi connectivity index (χ3n) is 4.01. The molecule has 3 rings (SSSR count). The van der Waals surface area contributed by atoms with E-state index in [1.807, 2.05) is 36.4 Å². The Morgan fingerprint density at radius 3 is 2.58 bits per heavy atom. The van der Waals surface area contributed by atoms with Gasteiger partial charge in [-0.2, -0.15) is 0 Å². The van der Waals surface area contributed by atoms with Crippen LogP contribution in [0.1, 0.15) is 20.3 Å². The first-order valence-electron chi connectivity index (χ1n) is 8.64. The topological polar surface area (TPSA) is 92.9 Å². The lowest BCUT2D eigenvalue weighted by Crippen LogP contribution is -2.36. The number of nitrogens with one attached hydrogen (secondary N) is 2. The van der Waals surface area contributed by atoms with Gasteiger partial charge in [-0.1, -0.05) is 32.0 Å². The maximum absolute atomic E-state index is 11.7. The van der Waals surface area contributed by atoms with Crippen LogP contribution in [-0.2, 0) is 4.79 Å². The average Bonchev–Trinajstić information content (AvgIpc) is 2.61. The lowest BCUT2D eigenvalue weighted by Gasteiger charge is -2.19. The summed E-state index contributed by atoms with van der Waals surface area (Å²) in [6, 6.07) is 11.5. The summed E-state index contributed by atoms with van der Waals surface area (Å²) in [6.45, 7) is 4.11. The zero-order valence-electron chi connectivity index (χ0n) is 14.9. The summed E-state index contributed by atoms with van der Waals surface area (Å²) in [7, 11) is 0. The maximum Gasteiger partial charge on any atom is 0.239 e. The van der Waals surface area contributed by atoms with Crippen molar-refractivity contribution in [1.82, 2.24) is 9.97 Å². The number of carbonyl (C=O) groups is 1. The molecule has 2 aromatic heterocycles. The molecule has 0 bridgehead atoms. The molecule has 0 saturated carbocycles. The van der Waals surface area contributed by atoms with E-state index in [1.54, 1.807) is 18.6 Å². The number of rotatable bonds is 7. The molecule has 0 radical (unpaired) electrons. The fourth-order valence-corrected chi connectivity index (χ4v) is 2.81. The van der Waals surface area contributed by atoms with Gasteiger partial charge in [0.05, 0.1) is 41.2 Å². The molecule has 1 aromatic carbocycles. The van der Waals surface area contributed by atoms with Crippen molar-refractivity contribution >= 4 is 33.9 Å². The van der Waals surface area contributed by atoms with Crippen molar-refractivity contribution in [3.05, 3.63) is 55.0 Å². The SMILES string of the molecule is CC(C)C[C@@H](Nc1cncc(Nc2cnc3ccccc3c2)c1)C(N)=O. The molecule has 0 aliphatic carbocycles. The summed E-state index contributed by atoms with van der Waals surface area (Å²) in [5.41, 5.74) is 8.87. The Labute approximate surface area is 152 Å². The number of para-hydroxylation sites is 1. The van der Waals surface area contributed by atoms with Crippen molar-refractivity contribution in [2.75, 3.05) is 10.6 Å². The Morgan fingerprint density at radius 1 is 1.08 bits per heavy atom. The number of fused-ring (bicyclic) bond motifs is 1. The minimum atomic E-state index is -0.422. The van der Waals surface area contributed by atoms with Crippen molar-refractivity contribution in [2.24, 2.45) is 11.7 Å². The van der Waals surface area contributed by atoms with Crippen molar-refractivity contribution < 1.29 is 4.79 Å². The Hall–Kier alpha value is -3.15. The molecule has 6 nitrogen and oxygen atoms in total. The Kier molecular flexibility index (Phi) is 5.31. The number of carbonyl (C=O) groups excluding carboxylic acids is 1. The molecular formula is C20H23N5O. The molecule has 1 amide bonds. The molecule has 0 unspecified atom stereocenters. The number of nitrogens with two attached hydrogens (primary N) is 1. The maximum atomic E-state index is 11.7. The third kappa shape index (κ3) is 4.47. The van der Waals surface area contributed by atoms with E-state index in [0.717, 1.165) is 28.0 Å². The van der Waals surface area contributed by atoms with Gasteiger partial charge in [0.25, 0.3) is 0 Å². The smallest absolute Gasteiger partial charge is 0.239 e. The highest BCUT2D eigenvalue weighted by Crippen LogP contribution is 2.22. The standard InChI is InChI=1S/C20H23N5O/c1-13(2)7-19(20(21)26)25-17-9-16(10-22-11-17)24-15-8-14-5-3-4-6-18(14)23-12-15/h3-6,8-13,19,24-25H,7H2,1-2H3,(H2,21,26)/t19-/m1/s1. The van der Waals surface area contributed by atoms with Gasteiger partial charge in [-0.25, -0.2) is 0 Å². The molecule has 0 saturated heterocycles. The molecule has 134 valence electrons. The molecule has 0 aliphatic rings. The first-order chi connectivity index (χ1) is 12.5. The lowest BCUT2D eigenvalue weighted by molar-refractivity contribution is -0.119. The van der Waals surface area contributed by atoms with E-state index in [0.29, 0.717) is 12.3 Å². The van der Waals surface area contributed by atoms with Gasteiger partial charge < -0.3 is 16.4 Å². The summed E-state index contributed by atoms with van der Waals surface area (Å²) in [6.07, 6.45) is 5.86. The number of amides is 1. The van der Waals surface area contributed by atoms with E-state index in [4.69, 9.17) is 5.73 Å². The van der Waals surface area contributed by atoms with Crippen LogP contribution in [0.2, 0.25) is 0 Å². The summed E-state index contributed by atoms with van der Waals surface area (Å²) < 4.78 is 0. The van der Waals surface area contributed by atoms with Crippen molar-refractivity contribution in [1.29, 1.82) is 0 Å². The van der Waals surface area contributed by atoms with Gasteiger partial charge in [0.2, 0.25) is 5.91 Å². The largest absolute Gasteiger partial charge is 0.372 e. The van der Waals surface area contributed by atoms with E-state index in [2.05, 4.69) is 34.4 Å². The predicted octanol–water partition coefficient (Wildman–Crippen LogP) is 3.69. The molecule has 26 heavy (non-hydrogen) atoms. The third-order valence-corrected chi connectivity index (χ3v) is 4.01. The molecular weight excluding hydrogens is 326 g/mol. The highest BCUT2D eigenvalue weighted by molar-refractivity contribution is 5.84. The minimum Gasteiger partial charge on any atom is -0.372 e. The van der Waals surface area contributed by atoms with Crippen molar-refractivity contribution in [3.8, 4) is 0 Å². The van der Waals surface area contributed by atoms with E-state index < -0.39 is 6.04 Å². The lowest BCUT2D eigenvalue weighted by atomic mass is 10.0. The van der Waals surface area contributed by atoms with Crippen LogP contribution in [-0.4, -0.2) is 21.9 Å². The molecule has 0 spiro atoms. The number of primary amides is 1. The molecule has 4 N–H and O–H groups in total. The summed E-state index contributed by atoms with van der Waals surface area (Å²) in [5.74, 6) is -0.00580. The average molecular weight is 349 g/mol. The minimum absolute atomic E-state index is 0.359. The first kappa shape index (κ1) is 17.7. The van der Waals surface area contributed by atoms with Crippen LogP contribution in [0.5, 0.6) is 0 Å². The van der Waals surface area contributed by atoms with E-state index in [9.17, 15) is 4.79 Å². The summed E-state index contributed by atoms with van der Waals surface area (Å²) in [5, 5.41) is 7.53.